The molecule has 0 saturated heterocycles. The van der Waals surface area contributed by atoms with Crippen molar-refractivity contribution in [2.24, 2.45) is 27.2 Å². The molecule has 0 unspecified atom stereocenters. The summed E-state index contributed by atoms with van der Waals surface area (Å²) in [6.07, 6.45) is 1.63. The maximum absolute atomic E-state index is 5.36. The van der Waals surface area contributed by atoms with E-state index in [0.29, 0.717) is 6.54 Å². The Balaban J connectivity index is 2.53. The highest BCUT2D eigenvalue weighted by atomic mass is 15.1. The first-order chi connectivity index (χ1) is 6.18. The third kappa shape index (κ3) is 3.23. The summed E-state index contributed by atoms with van der Waals surface area (Å²) in [5.74, 6) is -0.0551. The van der Waals surface area contributed by atoms with Crippen molar-refractivity contribution in [2.75, 3.05) is 0 Å². The van der Waals surface area contributed by atoms with Crippen molar-refractivity contribution in [1.29, 1.82) is 0 Å². The van der Waals surface area contributed by atoms with Crippen LogP contribution >= 0.6 is 0 Å². The van der Waals surface area contributed by atoms with E-state index in [4.69, 9.17) is 17.2 Å². The molecular formula is C6H11N7. The molecule has 1 rings (SSSR count). The monoisotopic (exact) mass is 181 g/mol. The van der Waals surface area contributed by atoms with Crippen LogP contribution in [-0.4, -0.2) is 22.1 Å². The number of aliphatic imine (C=N–C) groups is 2. The van der Waals surface area contributed by atoms with Crippen molar-refractivity contribution in [3.05, 3.63) is 18.0 Å². The maximum Gasteiger partial charge on any atom is 0.218 e. The van der Waals surface area contributed by atoms with Crippen molar-refractivity contribution in [3.8, 4) is 0 Å². The molecule has 0 saturated carbocycles. The minimum absolute atomic E-state index is 0.0506. The summed E-state index contributed by atoms with van der Waals surface area (Å²) < 4.78 is 0. The molecule has 1 heterocycles. The van der Waals surface area contributed by atoms with Crippen LogP contribution in [0.5, 0.6) is 0 Å². The summed E-state index contributed by atoms with van der Waals surface area (Å²) in [5, 5.41) is 6.46. The van der Waals surface area contributed by atoms with E-state index in [0.717, 1.165) is 5.69 Å². The van der Waals surface area contributed by atoms with Crippen molar-refractivity contribution < 1.29 is 0 Å². The van der Waals surface area contributed by atoms with Gasteiger partial charge in [-0.2, -0.15) is 10.1 Å². The third-order valence-electron chi connectivity index (χ3n) is 1.21. The SMILES string of the molecule is NC(N)=NC(N)=NCc1ccn[nH]1. The van der Waals surface area contributed by atoms with Gasteiger partial charge < -0.3 is 17.2 Å². The van der Waals surface area contributed by atoms with E-state index >= 15 is 0 Å². The van der Waals surface area contributed by atoms with Gasteiger partial charge in [-0.05, 0) is 6.07 Å². The van der Waals surface area contributed by atoms with Gasteiger partial charge in [0.1, 0.15) is 0 Å². The molecule has 70 valence electrons. The number of hydrogen-bond donors (Lipinski definition) is 4. The molecule has 7 heteroatoms. The van der Waals surface area contributed by atoms with Crippen LogP contribution < -0.4 is 17.2 Å². The number of nitrogens with two attached hydrogens (primary N) is 3. The van der Waals surface area contributed by atoms with E-state index in [9.17, 15) is 0 Å². The zero-order chi connectivity index (χ0) is 9.68. The Morgan fingerprint density at radius 2 is 2.23 bits per heavy atom. The molecule has 0 spiro atoms. The highest BCUT2D eigenvalue weighted by Gasteiger charge is 1.92. The van der Waals surface area contributed by atoms with Gasteiger partial charge in [-0.3, -0.25) is 5.10 Å². The molecule has 0 radical (unpaired) electrons. The molecule has 0 aliphatic heterocycles. The zero-order valence-electron chi connectivity index (χ0n) is 6.94. The number of nitrogens with one attached hydrogen (secondary N) is 1. The normalized spacial score (nSPS) is 11.2. The predicted molar refractivity (Wildman–Crippen MR) is 49.7 cm³/mol. The van der Waals surface area contributed by atoms with Crippen molar-refractivity contribution in [3.63, 3.8) is 0 Å². The van der Waals surface area contributed by atoms with Crippen molar-refractivity contribution >= 4 is 11.9 Å². The molecule has 0 atom stereocenters. The fourth-order valence-electron chi connectivity index (χ4n) is 0.707. The maximum atomic E-state index is 5.36. The van der Waals surface area contributed by atoms with Gasteiger partial charge in [0.25, 0.3) is 0 Å². The summed E-state index contributed by atoms with van der Waals surface area (Å²) in [5.41, 5.74) is 16.4. The van der Waals surface area contributed by atoms with Gasteiger partial charge in [0.15, 0.2) is 5.96 Å². The van der Waals surface area contributed by atoms with Crippen LogP contribution in [0.3, 0.4) is 0 Å². The lowest BCUT2D eigenvalue weighted by atomic mass is 10.4. The minimum Gasteiger partial charge on any atom is -0.370 e. The highest BCUT2D eigenvalue weighted by molar-refractivity contribution is 5.92. The molecule has 7 nitrogen and oxygen atoms in total. The Kier molecular flexibility index (Phi) is 2.85. The Labute approximate surface area is 74.7 Å². The first-order valence-corrected chi connectivity index (χ1v) is 3.56. The summed E-state index contributed by atoms with van der Waals surface area (Å²) in [6, 6.07) is 1.78. The molecule has 1 aromatic heterocycles. The van der Waals surface area contributed by atoms with E-state index in [1.165, 1.54) is 0 Å². The quantitative estimate of drug-likeness (QED) is 0.326. The third-order valence-corrected chi connectivity index (χ3v) is 1.21. The molecule has 0 bridgehead atoms. The highest BCUT2D eigenvalue weighted by Crippen LogP contribution is 1.93. The van der Waals surface area contributed by atoms with Gasteiger partial charge in [0, 0.05) is 6.20 Å². The van der Waals surface area contributed by atoms with Gasteiger partial charge in [-0.15, -0.1) is 0 Å². The first kappa shape index (κ1) is 9.04. The standard InChI is InChI=1S/C6H11N7/c7-5(8)12-6(9)10-3-4-1-2-11-13-4/h1-2H,3H2,(H,11,13)(H6,7,8,9,10,12). The second-order valence-corrected chi connectivity index (χ2v) is 2.29. The Hall–Kier alpha value is -2.05. The smallest absolute Gasteiger partial charge is 0.218 e. The van der Waals surface area contributed by atoms with Crippen LogP contribution in [0, 0.1) is 0 Å². The second-order valence-electron chi connectivity index (χ2n) is 2.29. The van der Waals surface area contributed by atoms with E-state index in [1.807, 2.05) is 0 Å². The Morgan fingerprint density at radius 3 is 2.77 bits per heavy atom. The van der Waals surface area contributed by atoms with Gasteiger partial charge in [-0.1, -0.05) is 0 Å². The Bertz CT molecular complexity index is 306. The van der Waals surface area contributed by atoms with Gasteiger partial charge >= 0.3 is 0 Å². The van der Waals surface area contributed by atoms with Crippen LogP contribution in [0.25, 0.3) is 0 Å². The minimum atomic E-state index is -0.106. The number of aromatic nitrogens is 2. The number of aromatic amines is 1. The average molecular weight is 181 g/mol. The number of rotatable bonds is 2. The summed E-state index contributed by atoms with van der Waals surface area (Å²) in [4.78, 5) is 7.42. The van der Waals surface area contributed by atoms with E-state index < -0.39 is 0 Å². The molecule has 0 fully saturated rings. The lowest BCUT2D eigenvalue weighted by Crippen LogP contribution is -2.26. The molecule has 1 aromatic rings. The van der Waals surface area contributed by atoms with E-state index in [-0.39, 0.29) is 11.9 Å². The topological polar surface area (TPSA) is 131 Å². The summed E-state index contributed by atoms with van der Waals surface area (Å²) >= 11 is 0. The second kappa shape index (κ2) is 4.10. The lowest BCUT2D eigenvalue weighted by molar-refractivity contribution is 0.943. The fraction of sp³-hybridized carbons (Fsp3) is 0.167. The summed E-state index contributed by atoms with van der Waals surface area (Å²) in [6.45, 7) is 0.378. The number of nitrogens with zero attached hydrogens (tertiary/aromatic N) is 3. The van der Waals surface area contributed by atoms with Gasteiger partial charge in [0.05, 0.1) is 12.2 Å². The molecular weight excluding hydrogens is 170 g/mol. The number of H-pyrrole nitrogens is 1. The molecule has 0 amide bonds. The molecule has 13 heavy (non-hydrogen) atoms. The molecule has 0 aromatic carbocycles. The zero-order valence-corrected chi connectivity index (χ0v) is 6.94. The van der Waals surface area contributed by atoms with Crippen molar-refractivity contribution in [1.82, 2.24) is 10.2 Å². The summed E-state index contributed by atoms with van der Waals surface area (Å²) in [7, 11) is 0. The number of hydrogen-bond acceptors (Lipinski definition) is 2. The van der Waals surface area contributed by atoms with E-state index in [1.54, 1.807) is 12.3 Å². The Morgan fingerprint density at radius 1 is 1.46 bits per heavy atom. The van der Waals surface area contributed by atoms with Gasteiger partial charge in [0.2, 0.25) is 5.96 Å². The average Bonchev–Trinajstić information content (AvgIpc) is 2.51. The molecule has 7 N–H and O–H groups in total. The van der Waals surface area contributed by atoms with Gasteiger partial charge in [-0.25, -0.2) is 4.99 Å². The van der Waals surface area contributed by atoms with Crippen LogP contribution in [0.15, 0.2) is 22.2 Å². The lowest BCUT2D eigenvalue weighted by Gasteiger charge is -1.93. The fourth-order valence-corrected chi connectivity index (χ4v) is 0.707. The molecule has 0 aliphatic rings. The largest absolute Gasteiger partial charge is 0.370 e. The predicted octanol–water partition coefficient (Wildman–Crippen LogP) is -1.50. The van der Waals surface area contributed by atoms with Crippen LogP contribution in [0.1, 0.15) is 5.69 Å². The van der Waals surface area contributed by atoms with Crippen LogP contribution in [0.4, 0.5) is 0 Å². The van der Waals surface area contributed by atoms with E-state index in [2.05, 4.69) is 20.2 Å². The molecule has 0 aliphatic carbocycles. The number of guanidine groups is 2. The van der Waals surface area contributed by atoms with Crippen molar-refractivity contribution in [2.45, 2.75) is 6.54 Å². The van der Waals surface area contributed by atoms with Crippen LogP contribution in [0.2, 0.25) is 0 Å². The first-order valence-electron chi connectivity index (χ1n) is 3.56. The van der Waals surface area contributed by atoms with Crippen LogP contribution in [-0.2, 0) is 6.54 Å².